The van der Waals surface area contributed by atoms with Crippen LogP contribution >= 0.6 is 31.9 Å². The molecule has 2 aromatic rings. The molecule has 0 unspecified atom stereocenters. The van der Waals surface area contributed by atoms with Gasteiger partial charge in [0, 0.05) is 10.0 Å². The number of aliphatic hydroxyl groups is 1. The summed E-state index contributed by atoms with van der Waals surface area (Å²) in [5, 5.41) is 9.70. The van der Waals surface area contributed by atoms with Gasteiger partial charge < -0.3 is 9.84 Å². The van der Waals surface area contributed by atoms with E-state index in [0.29, 0.717) is 11.5 Å². The highest BCUT2D eigenvalue weighted by Crippen LogP contribution is 2.34. The maximum absolute atomic E-state index is 9.70. The molecule has 0 bridgehead atoms. The van der Waals surface area contributed by atoms with Crippen LogP contribution < -0.4 is 4.74 Å². The van der Waals surface area contributed by atoms with Crippen molar-refractivity contribution in [3.63, 3.8) is 0 Å². The van der Waals surface area contributed by atoms with Crippen LogP contribution in [0.2, 0.25) is 0 Å². The van der Waals surface area contributed by atoms with Gasteiger partial charge in [-0.3, -0.25) is 0 Å². The van der Waals surface area contributed by atoms with Crippen LogP contribution in [0.15, 0.2) is 51.4 Å². The van der Waals surface area contributed by atoms with Gasteiger partial charge in [-0.05, 0) is 47.1 Å². The van der Waals surface area contributed by atoms with E-state index in [9.17, 15) is 5.11 Å². The minimum Gasteiger partial charge on any atom is -0.456 e. The molecule has 18 heavy (non-hydrogen) atoms. The largest absolute Gasteiger partial charge is 0.456 e. The van der Waals surface area contributed by atoms with E-state index in [1.165, 1.54) is 0 Å². The van der Waals surface area contributed by atoms with Crippen LogP contribution in [0.5, 0.6) is 11.5 Å². The standard InChI is InChI=1S/C14H12Br2O2/c1-9(17)11-4-2-3-5-13(11)18-14-7-6-10(15)8-12(14)16/h2-9,17H,1H3/t9-/m1/s1. The van der Waals surface area contributed by atoms with Crippen molar-refractivity contribution in [2.45, 2.75) is 13.0 Å². The van der Waals surface area contributed by atoms with Gasteiger partial charge in [-0.15, -0.1) is 0 Å². The summed E-state index contributed by atoms with van der Waals surface area (Å²) in [6.45, 7) is 1.72. The molecule has 0 saturated carbocycles. The summed E-state index contributed by atoms with van der Waals surface area (Å²) < 4.78 is 7.66. The van der Waals surface area contributed by atoms with E-state index >= 15 is 0 Å². The Hall–Kier alpha value is -0.840. The van der Waals surface area contributed by atoms with Gasteiger partial charge in [-0.1, -0.05) is 34.1 Å². The molecule has 0 aliphatic heterocycles. The second-order valence-electron chi connectivity index (χ2n) is 3.89. The van der Waals surface area contributed by atoms with Crippen LogP contribution in [0.3, 0.4) is 0 Å². The fourth-order valence-electron chi connectivity index (χ4n) is 1.60. The van der Waals surface area contributed by atoms with Gasteiger partial charge >= 0.3 is 0 Å². The Balaban J connectivity index is 2.34. The smallest absolute Gasteiger partial charge is 0.141 e. The molecule has 0 fully saturated rings. The topological polar surface area (TPSA) is 29.5 Å². The Kier molecular flexibility index (Phi) is 4.43. The first kappa shape index (κ1) is 13.6. The third kappa shape index (κ3) is 3.13. The minimum absolute atomic E-state index is 0.560. The van der Waals surface area contributed by atoms with E-state index in [1.54, 1.807) is 6.92 Å². The average molecular weight is 372 g/mol. The van der Waals surface area contributed by atoms with Crippen LogP contribution in [-0.2, 0) is 0 Å². The molecule has 0 aliphatic carbocycles. The molecule has 2 aromatic carbocycles. The lowest BCUT2D eigenvalue weighted by Gasteiger charge is -2.14. The van der Waals surface area contributed by atoms with E-state index in [0.717, 1.165) is 14.5 Å². The zero-order valence-electron chi connectivity index (χ0n) is 9.73. The Labute approximate surface area is 123 Å². The normalized spacial score (nSPS) is 12.2. The summed E-state index contributed by atoms with van der Waals surface area (Å²) in [7, 11) is 0. The summed E-state index contributed by atoms with van der Waals surface area (Å²) in [5.41, 5.74) is 0.771. The van der Waals surface area contributed by atoms with Crippen molar-refractivity contribution < 1.29 is 9.84 Å². The number of hydrogen-bond donors (Lipinski definition) is 1. The highest BCUT2D eigenvalue weighted by molar-refractivity contribution is 9.11. The number of rotatable bonds is 3. The van der Waals surface area contributed by atoms with Crippen LogP contribution in [0.1, 0.15) is 18.6 Å². The average Bonchev–Trinajstić information content (AvgIpc) is 2.33. The van der Waals surface area contributed by atoms with Gasteiger partial charge in [0.2, 0.25) is 0 Å². The predicted molar refractivity (Wildman–Crippen MR) is 79.0 cm³/mol. The molecule has 0 saturated heterocycles. The fourth-order valence-corrected chi connectivity index (χ4v) is 2.72. The Morgan fingerprint density at radius 2 is 1.78 bits per heavy atom. The van der Waals surface area contributed by atoms with Crippen molar-refractivity contribution in [2.75, 3.05) is 0 Å². The molecule has 0 amide bonds. The summed E-state index contributed by atoms with van der Waals surface area (Å²) in [6, 6.07) is 13.2. The Morgan fingerprint density at radius 1 is 1.06 bits per heavy atom. The van der Waals surface area contributed by atoms with Crippen LogP contribution in [0.4, 0.5) is 0 Å². The molecule has 0 aromatic heterocycles. The molecule has 0 aliphatic rings. The number of aliphatic hydroxyl groups excluding tert-OH is 1. The third-order valence-electron chi connectivity index (χ3n) is 2.48. The maximum atomic E-state index is 9.70. The first-order valence-corrected chi connectivity index (χ1v) is 7.06. The summed E-state index contributed by atoms with van der Waals surface area (Å²) in [6.07, 6.45) is -0.560. The second kappa shape index (κ2) is 5.87. The molecular weight excluding hydrogens is 360 g/mol. The van der Waals surface area contributed by atoms with E-state index < -0.39 is 6.10 Å². The number of hydrogen-bond acceptors (Lipinski definition) is 2. The van der Waals surface area contributed by atoms with Gasteiger partial charge in [0.05, 0.1) is 10.6 Å². The lowest BCUT2D eigenvalue weighted by Crippen LogP contribution is -1.96. The van der Waals surface area contributed by atoms with E-state index in [2.05, 4.69) is 31.9 Å². The highest BCUT2D eigenvalue weighted by Gasteiger charge is 2.10. The number of ether oxygens (including phenoxy) is 1. The van der Waals surface area contributed by atoms with Crippen LogP contribution in [0, 0.1) is 0 Å². The Morgan fingerprint density at radius 3 is 2.44 bits per heavy atom. The van der Waals surface area contributed by atoms with E-state index in [1.807, 2.05) is 42.5 Å². The maximum Gasteiger partial charge on any atom is 0.141 e. The monoisotopic (exact) mass is 370 g/mol. The zero-order chi connectivity index (χ0) is 13.1. The number of para-hydroxylation sites is 1. The first-order chi connectivity index (χ1) is 8.58. The van der Waals surface area contributed by atoms with Gasteiger partial charge in [0.15, 0.2) is 0 Å². The molecule has 4 heteroatoms. The van der Waals surface area contributed by atoms with Crippen molar-refractivity contribution in [2.24, 2.45) is 0 Å². The molecule has 1 atom stereocenters. The van der Waals surface area contributed by atoms with Crippen molar-refractivity contribution in [3.05, 3.63) is 57.0 Å². The molecule has 2 rings (SSSR count). The van der Waals surface area contributed by atoms with Crippen molar-refractivity contribution >= 4 is 31.9 Å². The molecular formula is C14H12Br2O2. The molecule has 0 heterocycles. The minimum atomic E-state index is -0.560. The fraction of sp³-hybridized carbons (Fsp3) is 0.143. The second-order valence-corrected chi connectivity index (χ2v) is 5.66. The molecule has 94 valence electrons. The molecule has 0 radical (unpaired) electrons. The van der Waals surface area contributed by atoms with Crippen molar-refractivity contribution in [1.82, 2.24) is 0 Å². The van der Waals surface area contributed by atoms with Crippen molar-refractivity contribution in [3.8, 4) is 11.5 Å². The number of halogens is 2. The summed E-state index contributed by atoms with van der Waals surface area (Å²) in [5.74, 6) is 1.38. The van der Waals surface area contributed by atoms with Crippen molar-refractivity contribution in [1.29, 1.82) is 0 Å². The summed E-state index contributed by atoms with van der Waals surface area (Å²) >= 11 is 6.84. The van der Waals surface area contributed by atoms with Crippen LogP contribution in [0.25, 0.3) is 0 Å². The lowest BCUT2D eigenvalue weighted by molar-refractivity contribution is 0.195. The Bertz CT molecular complexity index is 553. The van der Waals surface area contributed by atoms with Gasteiger partial charge in [-0.2, -0.15) is 0 Å². The SMILES string of the molecule is C[C@@H](O)c1ccccc1Oc1ccc(Br)cc1Br. The predicted octanol–water partition coefficient (Wildman–Crippen LogP) is 5.06. The van der Waals surface area contributed by atoms with Gasteiger partial charge in [0.1, 0.15) is 11.5 Å². The molecule has 2 nitrogen and oxygen atoms in total. The summed E-state index contributed by atoms with van der Waals surface area (Å²) in [4.78, 5) is 0. The first-order valence-electron chi connectivity index (χ1n) is 5.48. The zero-order valence-corrected chi connectivity index (χ0v) is 12.9. The van der Waals surface area contributed by atoms with E-state index in [-0.39, 0.29) is 0 Å². The lowest BCUT2D eigenvalue weighted by atomic mass is 10.1. The van der Waals surface area contributed by atoms with E-state index in [4.69, 9.17) is 4.74 Å². The molecule has 1 N–H and O–H groups in total. The number of benzene rings is 2. The molecule has 0 spiro atoms. The van der Waals surface area contributed by atoms with Gasteiger partial charge in [-0.25, -0.2) is 0 Å². The van der Waals surface area contributed by atoms with Crippen LogP contribution in [-0.4, -0.2) is 5.11 Å². The third-order valence-corrected chi connectivity index (χ3v) is 3.60. The van der Waals surface area contributed by atoms with Gasteiger partial charge in [0.25, 0.3) is 0 Å². The quantitative estimate of drug-likeness (QED) is 0.817. The highest BCUT2D eigenvalue weighted by atomic mass is 79.9.